The van der Waals surface area contributed by atoms with E-state index in [2.05, 4.69) is 0 Å². The SMILES string of the molecule is ClCC1C(Cl)C1Cl. The van der Waals surface area contributed by atoms with E-state index >= 15 is 0 Å². The molecule has 1 aliphatic rings. The maximum absolute atomic E-state index is 5.59. The predicted octanol–water partition coefficient (Wildman–Crippen LogP) is 2.07. The van der Waals surface area contributed by atoms with Crippen LogP contribution in [0.3, 0.4) is 0 Å². The summed E-state index contributed by atoms with van der Waals surface area (Å²) in [4.78, 5) is 0. The van der Waals surface area contributed by atoms with Gasteiger partial charge in [-0.3, -0.25) is 0 Å². The topological polar surface area (TPSA) is 0 Å². The highest BCUT2D eigenvalue weighted by Gasteiger charge is 2.46. The standard InChI is InChI=1S/C4H5Cl3/c5-1-2-3(6)4(2)7/h2-4H,1H2. The number of alkyl halides is 3. The molecule has 1 rings (SSSR count). The summed E-state index contributed by atoms with van der Waals surface area (Å²) in [6.45, 7) is 0. The first-order valence-electron chi connectivity index (χ1n) is 2.11. The number of hydrogen-bond acceptors (Lipinski definition) is 0. The summed E-state index contributed by atoms with van der Waals surface area (Å²) in [6, 6.07) is 0. The van der Waals surface area contributed by atoms with E-state index in [0.29, 0.717) is 11.8 Å². The van der Waals surface area contributed by atoms with Gasteiger partial charge in [0.1, 0.15) is 0 Å². The second kappa shape index (κ2) is 2.00. The molecule has 0 spiro atoms. The van der Waals surface area contributed by atoms with Gasteiger partial charge in [-0.05, 0) is 0 Å². The molecule has 0 radical (unpaired) electrons. The van der Waals surface area contributed by atoms with Gasteiger partial charge in [-0.15, -0.1) is 34.8 Å². The summed E-state index contributed by atoms with van der Waals surface area (Å²) in [6.07, 6.45) is 0. The van der Waals surface area contributed by atoms with E-state index in [1.807, 2.05) is 0 Å². The Labute approximate surface area is 57.7 Å². The lowest BCUT2D eigenvalue weighted by atomic mass is 10.5. The van der Waals surface area contributed by atoms with Crippen molar-refractivity contribution in [2.24, 2.45) is 5.92 Å². The Morgan fingerprint density at radius 3 is 1.57 bits per heavy atom. The third-order valence-electron chi connectivity index (χ3n) is 1.16. The molecule has 0 aromatic heterocycles. The Morgan fingerprint density at radius 2 is 1.57 bits per heavy atom. The Bertz CT molecular complexity index is 65.3. The van der Waals surface area contributed by atoms with Gasteiger partial charge in [-0.2, -0.15) is 0 Å². The van der Waals surface area contributed by atoms with Gasteiger partial charge in [-0.25, -0.2) is 0 Å². The molecule has 0 aromatic rings. The molecule has 0 nitrogen and oxygen atoms in total. The van der Waals surface area contributed by atoms with Crippen LogP contribution < -0.4 is 0 Å². The average molecular weight is 159 g/mol. The Hall–Kier alpha value is 0.870. The number of rotatable bonds is 1. The molecule has 0 heterocycles. The summed E-state index contributed by atoms with van der Waals surface area (Å²) in [5.41, 5.74) is 0. The van der Waals surface area contributed by atoms with Crippen molar-refractivity contribution in [2.45, 2.75) is 10.8 Å². The van der Waals surface area contributed by atoms with E-state index in [4.69, 9.17) is 34.8 Å². The van der Waals surface area contributed by atoms with Crippen molar-refractivity contribution in [1.29, 1.82) is 0 Å². The van der Waals surface area contributed by atoms with Crippen LogP contribution in [-0.4, -0.2) is 16.6 Å². The van der Waals surface area contributed by atoms with E-state index in [1.165, 1.54) is 0 Å². The first-order valence-corrected chi connectivity index (χ1v) is 3.52. The van der Waals surface area contributed by atoms with Crippen molar-refractivity contribution in [3.8, 4) is 0 Å². The van der Waals surface area contributed by atoms with Crippen LogP contribution in [0.4, 0.5) is 0 Å². The van der Waals surface area contributed by atoms with Crippen LogP contribution in [0, 0.1) is 5.92 Å². The van der Waals surface area contributed by atoms with Crippen LogP contribution in [0.2, 0.25) is 0 Å². The molecule has 3 heteroatoms. The molecular formula is C4H5Cl3. The van der Waals surface area contributed by atoms with Crippen molar-refractivity contribution in [2.75, 3.05) is 5.88 Å². The van der Waals surface area contributed by atoms with Gasteiger partial charge in [0.15, 0.2) is 0 Å². The first kappa shape index (κ1) is 6.00. The number of hydrogen-bond donors (Lipinski definition) is 0. The Morgan fingerprint density at radius 1 is 1.14 bits per heavy atom. The molecule has 2 atom stereocenters. The van der Waals surface area contributed by atoms with Crippen molar-refractivity contribution in [3.63, 3.8) is 0 Å². The Balaban J connectivity index is 2.24. The summed E-state index contributed by atoms with van der Waals surface area (Å²) in [5.74, 6) is 0.965. The maximum Gasteiger partial charge on any atom is 0.0557 e. The highest BCUT2D eigenvalue weighted by atomic mass is 35.5. The summed E-state index contributed by atoms with van der Waals surface area (Å²) < 4.78 is 0. The molecule has 42 valence electrons. The van der Waals surface area contributed by atoms with Crippen LogP contribution in [0.15, 0.2) is 0 Å². The molecule has 2 unspecified atom stereocenters. The van der Waals surface area contributed by atoms with E-state index in [0.717, 1.165) is 0 Å². The first-order chi connectivity index (χ1) is 3.27. The smallest absolute Gasteiger partial charge is 0.0557 e. The average Bonchev–Trinajstić information content (AvgIpc) is 2.17. The van der Waals surface area contributed by atoms with Crippen LogP contribution >= 0.6 is 34.8 Å². The van der Waals surface area contributed by atoms with Gasteiger partial charge in [0.2, 0.25) is 0 Å². The third kappa shape index (κ3) is 0.984. The molecule has 0 amide bonds. The molecule has 0 aliphatic heterocycles. The normalized spacial score (nSPS) is 49.3. The molecular weight excluding hydrogens is 154 g/mol. The fourth-order valence-corrected chi connectivity index (χ4v) is 1.80. The van der Waals surface area contributed by atoms with Gasteiger partial charge in [-0.1, -0.05) is 0 Å². The fourth-order valence-electron chi connectivity index (χ4n) is 0.463. The summed E-state index contributed by atoms with van der Waals surface area (Å²) in [7, 11) is 0. The lowest BCUT2D eigenvalue weighted by molar-refractivity contribution is 0.997. The predicted molar refractivity (Wildman–Crippen MR) is 33.5 cm³/mol. The zero-order valence-electron chi connectivity index (χ0n) is 3.57. The van der Waals surface area contributed by atoms with E-state index in [1.54, 1.807) is 0 Å². The van der Waals surface area contributed by atoms with Crippen molar-refractivity contribution < 1.29 is 0 Å². The fraction of sp³-hybridized carbons (Fsp3) is 1.00. The minimum Gasteiger partial charge on any atom is -0.126 e. The van der Waals surface area contributed by atoms with Crippen LogP contribution in [0.5, 0.6) is 0 Å². The minimum absolute atomic E-state index is 0.138. The zero-order valence-corrected chi connectivity index (χ0v) is 5.84. The molecule has 0 saturated heterocycles. The summed E-state index contributed by atoms with van der Waals surface area (Å²) in [5, 5.41) is 0.276. The number of halogens is 3. The van der Waals surface area contributed by atoms with Crippen LogP contribution in [0.25, 0.3) is 0 Å². The van der Waals surface area contributed by atoms with Crippen LogP contribution in [0.1, 0.15) is 0 Å². The van der Waals surface area contributed by atoms with Gasteiger partial charge < -0.3 is 0 Å². The minimum atomic E-state index is 0.138. The van der Waals surface area contributed by atoms with Gasteiger partial charge in [0, 0.05) is 11.8 Å². The van der Waals surface area contributed by atoms with Crippen molar-refractivity contribution in [1.82, 2.24) is 0 Å². The summed E-state index contributed by atoms with van der Waals surface area (Å²) >= 11 is 16.6. The van der Waals surface area contributed by atoms with E-state index < -0.39 is 0 Å². The van der Waals surface area contributed by atoms with Gasteiger partial charge in [0.25, 0.3) is 0 Å². The maximum atomic E-state index is 5.59. The molecule has 1 fully saturated rings. The second-order valence-electron chi connectivity index (χ2n) is 1.71. The molecule has 0 bridgehead atoms. The van der Waals surface area contributed by atoms with E-state index in [9.17, 15) is 0 Å². The third-order valence-corrected chi connectivity index (χ3v) is 2.84. The highest BCUT2D eigenvalue weighted by Crippen LogP contribution is 2.42. The molecule has 1 aliphatic carbocycles. The van der Waals surface area contributed by atoms with Gasteiger partial charge in [0.05, 0.1) is 10.8 Å². The van der Waals surface area contributed by atoms with Gasteiger partial charge >= 0.3 is 0 Å². The van der Waals surface area contributed by atoms with Crippen molar-refractivity contribution >= 4 is 34.8 Å². The zero-order chi connectivity index (χ0) is 5.44. The monoisotopic (exact) mass is 158 g/mol. The molecule has 0 N–H and O–H groups in total. The second-order valence-corrected chi connectivity index (χ2v) is 3.02. The Kier molecular flexibility index (Phi) is 1.72. The molecule has 1 saturated carbocycles. The van der Waals surface area contributed by atoms with Crippen molar-refractivity contribution in [3.05, 3.63) is 0 Å². The van der Waals surface area contributed by atoms with Crippen LogP contribution in [-0.2, 0) is 0 Å². The lowest BCUT2D eigenvalue weighted by Gasteiger charge is -1.75. The molecule has 7 heavy (non-hydrogen) atoms. The quantitative estimate of drug-likeness (QED) is 0.514. The van der Waals surface area contributed by atoms with E-state index in [-0.39, 0.29) is 10.8 Å². The highest BCUT2D eigenvalue weighted by molar-refractivity contribution is 6.35. The lowest BCUT2D eigenvalue weighted by Crippen LogP contribution is -1.78. The molecule has 0 aromatic carbocycles. The largest absolute Gasteiger partial charge is 0.126 e.